The Kier molecular flexibility index (Phi) is 3.74. The number of nitrogens with zero attached hydrogens (tertiary/aromatic N) is 2. The fourth-order valence-electron chi connectivity index (χ4n) is 1.99. The molecule has 1 amide bonds. The molecule has 1 aromatic rings. The molecule has 0 spiro atoms. The zero-order chi connectivity index (χ0) is 12.3. The van der Waals surface area contributed by atoms with E-state index in [0.717, 1.165) is 25.1 Å². The maximum Gasteiger partial charge on any atom is 0.255 e. The first kappa shape index (κ1) is 12.0. The lowest BCUT2D eigenvalue weighted by Gasteiger charge is -2.20. The quantitative estimate of drug-likeness (QED) is 0.798. The lowest BCUT2D eigenvalue weighted by molar-refractivity contribution is 0.0587. The van der Waals surface area contributed by atoms with E-state index >= 15 is 0 Å². The summed E-state index contributed by atoms with van der Waals surface area (Å²) in [6.07, 6.45) is 3.97. The van der Waals surface area contributed by atoms with Gasteiger partial charge in [0.2, 0.25) is 0 Å². The van der Waals surface area contributed by atoms with Gasteiger partial charge < -0.3 is 9.64 Å². The first-order chi connectivity index (χ1) is 8.16. The second-order valence-corrected chi connectivity index (χ2v) is 4.51. The van der Waals surface area contributed by atoms with Gasteiger partial charge in [0, 0.05) is 32.1 Å². The van der Waals surface area contributed by atoms with Gasteiger partial charge in [-0.15, -0.1) is 0 Å². The van der Waals surface area contributed by atoms with Crippen LogP contribution < -0.4 is 0 Å². The Morgan fingerprint density at radius 2 is 2.41 bits per heavy atom. The lowest BCUT2D eigenvalue weighted by atomic mass is 10.2. The van der Waals surface area contributed by atoms with Crippen molar-refractivity contribution in [2.75, 3.05) is 20.2 Å². The van der Waals surface area contributed by atoms with Crippen LogP contribution in [0.5, 0.6) is 0 Å². The summed E-state index contributed by atoms with van der Waals surface area (Å²) >= 11 is 0. The fourth-order valence-corrected chi connectivity index (χ4v) is 1.99. The minimum atomic E-state index is 0.00741. The van der Waals surface area contributed by atoms with Crippen LogP contribution in [0.4, 0.5) is 0 Å². The van der Waals surface area contributed by atoms with Gasteiger partial charge in [-0.2, -0.15) is 0 Å². The largest absolute Gasteiger partial charge is 0.376 e. The van der Waals surface area contributed by atoms with E-state index in [1.54, 1.807) is 11.1 Å². The van der Waals surface area contributed by atoms with Crippen LogP contribution in [0, 0.1) is 6.92 Å². The van der Waals surface area contributed by atoms with Gasteiger partial charge in [-0.3, -0.25) is 9.78 Å². The molecule has 0 aliphatic carbocycles. The van der Waals surface area contributed by atoms with Crippen LogP contribution in [0.3, 0.4) is 0 Å². The van der Waals surface area contributed by atoms with Gasteiger partial charge in [-0.25, -0.2) is 0 Å². The summed E-state index contributed by atoms with van der Waals surface area (Å²) in [7, 11) is 1.81. The summed E-state index contributed by atoms with van der Waals surface area (Å²) < 4.78 is 5.52. The van der Waals surface area contributed by atoms with Crippen molar-refractivity contribution >= 4 is 5.91 Å². The molecule has 0 N–H and O–H groups in total. The second-order valence-electron chi connectivity index (χ2n) is 4.51. The molecule has 1 aromatic heterocycles. The van der Waals surface area contributed by atoms with Gasteiger partial charge in [-0.05, 0) is 31.9 Å². The molecular weight excluding hydrogens is 216 g/mol. The number of pyridine rings is 1. The zero-order valence-electron chi connectivity index (χ0n) is 10.3. The molecule has 1 aliphatic rings. The average molecular weight is 234 g/mol. The Morgan fingerprint density at radius 1 is 1.59 bits per heavy atom. The minimum Gasteiger partial charge on any atom is -0.376 e. The normalized spacial score (nSPS) is 19.3. The monoisotopic (exact) mass is 234 g/mol. The van der Waals surface area contributed by atoms with E-state index in [4.69, 9.17) is 4.74 Å². The van der Waals surface area contributed by atoms with Crippen molar-refractivity contribution in [3.05, 3.63) is 29.6 Å². The Balaban J connectivity index is 1.96. The molecule has 1 saturated heterocycles. The van der Waals surface area contributed by atoms with Gasteiger partial charge in [0.25, 0.3) is 5.91 Å². The molecule has 17 heavy (non-hydrogen) atoms. The topological polar surface area (TPSA) is 42.4 Å². The Bertz CT molecular complexity index is 383. The molecule has 2 rings (SSSR count). The van der Waals surface area contributed by atoms with E-state index in [-0.39, 0.29) is 12.0 Å². The Morgan fingerprint density at radius 3 is 3.00 bits per heavy atom. The summed E-state index contributed by atoms with van der Waals surface area (Å²) in [5.41, 5.74) is 1.56. The fraction of sp³-hybridized carbons (Fsp3) is 0.538. The van der Waals surface area contributed by atoms with Crippen molar-refractivity contribution in [1.29, 1.82) is 0 Å². The molecule has 1 aliphatic heterocycles. The highest BCUT2D eigenvalue weighted by molar-refractivity contribution is 5.93. The van der Waals surface area contributed by atoms with Gasteiger partial charge >= 0.3 is 0 Å². The lowest BCUT2D eigenvalue weighted by Crippen LogP contribution is -2.34. The van der Waals surface area contributed by atoms with Gasteiger partial charge in [-0.1, -0.05) is 0 Å². The molecule has 92 valence electrons. The molecule has 0 aromatic carbocycles. The zero-order valence-corrected chi connectivity index (χ0v) is 10.3. The molecule has 1 unspecified atom stereocenters. The number of amides is 1. The number of rotatable bonds is 3. The Labute approximate surface area is 102 Å². The van der Waals surface area contributed by atoms with E-state index in [0.29, 0.717) is 12.1 Å². The third-order valence-corrected chi connectivity index (χ3v) is 3.01. The molecule has 4 nitrogen and oxygen atoms in total. The molecule has 1 fully saturated rings. The predicted molar refractivity (Wildman–Crippen MR) is 64.9 cm³/mol. The van der Waals surface area contributed by atoms with Crippen LogP contribution in [0.15, 0.2) is 18.3 Å². The maximum atomic E-state index is 12.1. The molecular formula is C13H18N2O2. The summed E-state index contributed by atoms with van der Waals surface area (Å²) in [5, 5.41) is 0. The first-order valence-electron chi connectivity index (χ1n) is 5.96. The molecule has 4 heteroatoms. The van der Waals surface area contributed by atoms with Crippen LogP contribution in [0.25, 0.3) is 0 Å². The van der Waals surface area contributed by atoms with E-state index in [1.807, 2.05) is 26.1 Å². The van der Waals surface area contributed by atoms with Crippen molar-refractivity contribution in [3.63, 3.8) is 0 Å². The highest BCUT2D eigenvalue weighted by Crippen LogP contribution is 2.14. The molecule has 2 heterocycles. The SMILES string of the molecule is Cc1ccc(C(=O)N(C)CC2CCCO2)cn1. The van der Waals surface area contributed by atoms with E-state index in [1.165, 1.54) is 0 Å². The third kappa shape index (κ3) is 3.03. The number of carbonyl (C=O) groups is 1. The highest BCUT2D eigenvalue weighted by Gasteiger charge is 2.20. The van der Waals surface area contributed by atoms with Crippen LogP contribution in [-0.4, -0.2) is 42.1 Å². The summed E-state index contributed by atoms with van der Waals surface area (Å²) in [6.45, 7) is 3.38. The number of aromatic nitrogens is 1. The molecule has 0 bridgehead atoms. The van der Waals surface area contributed by atoms with Crippen molar-refractivity contribution in [2.45, 2.75) is 25.9 Å². The predicted octanol–water partition coefficient (Wildman–Crippen LogP) is 1.64. The van der Waals surface area contributed by atoms with E-state index in [9.17, 15) is 4.79 Å². The summed E-state index contributed by atoms with van der Waals surface area (Å²) in [5.74, 6) is 0.00741. The van der Waals surface area contributed by atoms with Crippen LogP contribution in [-0.2, 0) is 4.74 Å². The number of hydrogen-bond donors (Lipinski definition) is 0. The van der Waals surface area contributed by atoms with E-state index in [2.05, 4.69) is 4.98 Å². The van der Waals surface area contributed by atoms with Crippen molar-refractivity contribution in [1.82, 2.24) is 9.88 Å². The number of aryl methyl sites for hydroxylation is 1. The average Bonchev–Trinajstić information content (AvgIpc) is 2.82. The molecule has 0 radical (unpaired) electrons. The molecule has 0 saturated carbocycles. The maximum absolute atomic E-state index is 12.1. The summed E-state index contributed by atoms with van der Waals surface area (Å²) in [6, 6.07) is 3.67. The second kappa shape index (κ2) is 5.27. The van der Waals surface area contributed by atoms with Gasteiger partial charge in [0.15, 0.2) is 0 Å². The minimum absolute atomic E-state index is 0.00741. The smallest absolute Gasteiger partial charge is 0.255 e. The number of ether oxygens (including phenoxy) is 1. The van der Waals surface area contributed by atoms with Crippen molar-refractivity contribution in [2.24, 2.45) is 0 Å². The van der Waals surface area contributed by atoms with Crippen LogP contribution in [0.1, 0.15) is 28.9 Å². The number of hydrogen-bond acceptors (Lipinski definition) is 3. The number of carbonyl (C=O) groups excluding carboxylic acids is 1. The van der Waals surface area contributed by atoms with Crippen molar-refractivity contribution < 1.29 is 9.53 Å². The highest BCUT2D eigenvalue weighted by atomic mass is 16.5. The molecule has 1 atom stereocenters. The first-order valence-corrected chi connectivity index (χ1v) is 5.96. The van der Waals surface area contributed by atoms with Crippen LogP contribution in [0.2, 0.25) is 0 Å². The summed E-state index contributed by atoms with van der Waals surface area (Å²) in [4.78, 5) is 17.9. The van der Waals surface area contributed by atoms with Gasteiger partial charge in [0.05, 0.1) is 11.7 Å². The van der Waals surface area contributed by atoms with Crippen LogP contribution >= 0.6 is 0 Å². The van der Waals surface area contributed by atoms with Crippen molar-refractivity contribution in [3.8, 4) is 0 Å². The van der Waals surface area contributed by atoms with Gasteiger partial charge in [0.1, 0.15) is 0 Å². The Hall–Kier alpha value is -1.42. The van der Waals surface area contributed by atoms with E-state index < -0.39 is 0 Å². The number of likely N-dealkylation sites (N-methyl/N-ethyl adjacent to an activating group) is 1. The third-order valence-electron chi connectivity index (χ3n) is 3.01. The standard InChI is InChI=1S/C13H18N2O2/c1-10-5-6-11(8-14-10)13(16)15(2)9-12-4-3-7-17-12/h5-6,8,12H,3-4,7,9H2,1-2H3.